The van der Waals surface area contributed by atoms with Crippen LogP contribution in [0.4, 0.5) is 0 Å². The first-order chi connectivity index (χ1) is 17.9. The third kappa shape index (κ3) is 7.91. The first-order valence-corrected chi connectivity index (χ1v) is 15.4. The van der Waals surface area contributed by atoms with Gasteiger partial charge in [0.25, 0.3) is 0 Å². The predicted octanol–water partition coefficient (Wildman–Crippen LogP) is 2.32. The van der Waals surface area contributed by atoms with Crippen LogP contribution in [0.25, 0.3) is 0 Å². The minimum Gasteiger partial charge on any atom is -0.497 e. The van der Waals surface area contributed by atoms with Gasteiger partial charge in [-0.3, -0.25) is 14.6 Å². The molecule has 1 aromatic carbocycles. The van der Waals surface area contributed by atoms with E-state index in [0.29, 0.717) is 29.0 Å². The van der Waals surface area contributed by atoms with Crippen molar-refractivity contribution in [2.24, 2.45) is 0 Å². The van der Waals surface area contributed by atoms with Gasteiger partial charge in [-0.15, -0.1) is 0 Å². The molecule has 1 saturated carbocycles. The maximum Gasteiger partial charge on any atom is 0.243 e. The largest absolute Gasteiger partial charge is 0.497 e. The molecule has 0 radical (unpaired) electrons. The molecular formula is C28H49N5O4S. The number of aryl methyl sites for hydroxylation is 2. The lowest BCUT2D eigenvalue weighted by molar-refractivity contribution is -0.122. The summed E-state index contributed by atoms with van der Waals surface area (Å²) in [6.45, 7) is 11.6. The Bertz CT molecular complexity index is 1020. The number of ether oxygens (including phenoxy) is 1. The quantitative estimate of drug-likeness (QED) is 0.452. The first kappa shape index (κ1) is 30.8. The van der Waals surface area contributed by atoms with E-state index in [4.69, 9.17) is 4.74 Å². The number of hydrogen-bond acceptors (Lipinski definition) is 7. The number of piperazine rings is 1. The zero-order valence-electron chi connectivity index (χ0n) is 24.5. The average Bonchev–Trinajstić information content (AvgIpc) is 2.86. The maximum atomic E-state index is 13.2. The van der Waals surface area contributed by atoms with E-state index in [9.17, 15) is 13.2 Å². The molecule has 0 spiro atoms. The van der Waals surface area contributed by atoms with Gasteiger partial charge in [-0.1, -0.05) is 0 Å². The predicted molar refractivity (Wildman–Crippen MR) is 152 cm³/mol. The molecule has 1 atom stereocenters. The molecule has 1 aliphatic carbocycles. The van der Waals surface area contributed by atoms with Gasteiger partial charge in [0, 0.05) is 70.9 Å². The van der Waals surface area contributed by atoms with Crippen molar-refractivity contribution in [1.29, 1.82) is 0 Å². The minimum absolute atomic E-state index is 0.0819. The molecule has 38 heavy (non-hydrogen) atoms. The molecular weight excluding hydrogens is 502 g/mol. The monoisotopic (exact) mass is 551 g/mol. The van der Waals surface area contributed by atoms with Crippen molar-refractivity contribution < 1.29 is 17.9 Å². The summed E-state index contributed by atoms with van der Waals surface area (Å²) in [5, 5.41) is 3.16. The lowest BCUT2D eigenvalue weighted by atomic mass is 9.89. The van der Waals surface area contributed by atoms with E-state index in [1.54, 1.807) is 40.1 Å². The van der Waals surface area contributed by atoms with E-state index in [1.807, 2.05) is 0 Å². The molecule has 1 aromatic rings. The number of nitrogens with one attached hydrogen (secondary N) is 1. The van der Waals surface area contributed by atoms with Gasteiger partial charge in [0.15, 0.2) is 0 Å². The molecule has 2 fully saturated rings. The van der Waals surface area contributed by atoms with Gasteiger partial charge in [0.05, 0.1) is 12.0 Å². The van der Waals surface area contributed by atoms with E-state index in [2.05, 4.69) is 41.0 Å². The van der Waals surface area contributed by atoms with Gasteiger partial charge in [0.1, 0.15) is 5.75 Å². The summed E-state index contributed by atoms with van der Waals surface area (Å²) in [5.74, 6) is 0.550. The topological polar surface area (TPSA) is 85.4 Å². The Morgan fingerprint density at radius 2 is 1.68 bits per heavy atom. The Morgan fingerprint density at radius 1 is 1.05 bits per heavy atom. The van der Waals surface area contributed by atoms with Crippen molar-refractivity contribution in [2.75, 3.05) is 67.5 Å². The van der Waals surface area contributed by atoms with Crippen LogP contribution in [0.15, 0.2) is 17.0 Å². The van der Waals surface area contributed by atoms with E-state index in [0.717, 1.165) is 58.4 Å². The molecule has 1 N–H and O–H groups in total. The van der Waals surface area contributed by atoms with Gasteiger partial charge < -0.3 is 15.0 Å². The molecule has 1 heterocycles. The number of nitrogens with zero attached hydrogens (tertiary/aromatic N) is 4. The normalized spacial score (nSPS) is 23.7. The lowest BCUT2D eigenvalue weighted by Crippen LogP contribution is -2.57. The van der Waals surface area contributed by atoms with Crippen LogP contribution in [-0.4, -0.2) is 119 Å². The van der Waals surface area contributed by atoms with Crippen LogP contribution in [0.2, 0.25) is 0 Å². The Balaban J connectivity index is 1.43. The number of hydrogen-bond donors (Lipinski definition) is 1. The summed E-state index contributed by atoms with van der Waals surface area (Å²) in [6.07, 6.45) is 4.29. The Morgan fingerprint density at radius 3 is 2.24 bits per heavy atom. The van der Waals surface area contributed by atoms with Crippen LogP contribution in [0.3, 0.4) is 0 Å². The Hall–Kier alpha value is -1.72. The van der Waals surface area contributed by atoms with E-state index < -0.39 is 10.0 Å². The van der Waals surface area contributed by atoms with Gasteiger partial charge in [-0.2, -0.15) is 0 Å². The number of sulfonamides is 1. The van der Waals surface area contributed by atoms with Crippen LogP contribution in [0.1, 0.15) is 50.2 Å². The molecule has 2 aliphatic rings. The molecule has 0 unspecified atom stereocenters. The maximum absolute atomic E-state index is 13.2. The smallest absolute Gasteiger partial charge is 0.243 e. The van der Waals surface area contributed by atoms with Crippen LogP contribution >= 0.6 is 0 Å². The van der Waals surface area contributed by atoms with Gasteiger partial charge >= 0.3 is 0 Å². The second kappa shape index (κ2) is 13.6. The van der Waals surface area contributed by atoms with Gasteiger partial charge in [-0.05, 0) is 83.8 Å². The SMILES string of the molecule is COc1cc(C)c(S(=O)(=O)N(C)CCC(=O)N[C@H]2CC[C@@H](N3CCN(CCN(C)C)C[C@H]3C)CC2)c(C)c1. The van der Waals surface area contributed by atoms with Crippen molar-refractivity contribution in [3.63, 3.8) is 0 Å². The van der Waals surface area contributed by atoms with Crippen molar-refractivity contribution in [2.45, 2.75) is 75.9 Å². The number of benzene rings is 1. The fraction of sp³-hybridized carbons (Fsp3) is 0.750. The highest BCUT2D eigenvalue weighted by Crippen LogP contribution is 2.28. The Labute approximate surface area is 230 Å². The summed E-state index contributed by atoms with van der Waals surface area (Å²) in [5.41, 5.74) is 1.28. The molecule has 0 bridgehead atoms. The van der Waals surface area contributed by atoms with Crippen LogP contribution < -0.4 is 10.1 Å². The molecule has 1 saturated heterocycles. The van der Waals surface area contributed by atoms with Crippen LogP contribution in [-0.2, 0) is 14.8 Å². The second-order valence-electron chi connectivity index (χ2n) is 11.4. The lowest BCUT2D eigenvalue weighted by Gasteiger charge is -2.46. The number of likely N-dealkylation sites (N-methyl/N-ethyl adjacent to an activating group) is 1. The van der Waals surface area contributed by atoms with E-state index in [-0.39, 0.29) is 29.8 Å². The molecule has 216 valence electrons. The summed E-state index contributed by atoms with van der Waals surface area (Å²) in [7, 11) is 3.65. The number of carbonyl (C=O) groups excluding carboxylic acids is 1. The molecule has 3 rings (SSSR count). The highest BCUT2D eigenvalue weighted by molar-refractivity contribution is 7.89. The second-order valence-corrected chi connectivity index (χ2v) is 13.4. The highest BCUT2D eigenvalue weighted by atomic mass is 32.2. The summed E-state index contributed by atoms with van der Waals surface area (Å²) >= 11 is 0. The molecule has 0 aromatic heterocycles. The molecule has 10 heteroatoms. The fourth-order valence-electron chi connectivity index (χ4n) is 5.96. The van der Waals surface area contributed by atoms with Crippen LogP contribution in [0, 0.1) is 13.8 Å². The van der Waals surface area contributed by atoms with Crippen molar-refractivity contribution in [3.8, 4) is 5.75 Å². The Kier molecular flexibility index (Phi) is 11.0. The van der Waals surface area contributed by atoms with Gasteiger partial charge in [-0.25, -0.2) is 12.7 Å². The number of amides is 1. The first-order valence-electron chi connectivity index (χ1n) is 14.0. The standard InChI is InChI=1S/C28H49N5O4S/c1-21-18-26(37-7)19-22(2)28(21)38(35,36)31(6)13-12-27(34)29-24-8-10-25(11-9-24)33-17-16-32(20-23(33)3)15-14-30(4)5/h18-19,23-25H,8-17,20H2,1-7H3,(H,29,34)/t23-,24-,25+/m1/s1. The third-order valence-electron chi connectivity index (χ3n) is 8.15. The minimum atomic E-state index is -3.70. The van der Waals surface area contributed by atoms with Crippen molar-refractivity contribution >= 4 is 15.9 Å². The average molecular weight is 552 g/mol. The third-order valence-corrected chi connectivity index (χ3v) is 10.3. The molecule has 9 nitrogen and oxygen atoms in total. The summed E-state index contributed by atoms with van der Waals surface area (Å²) < 4.78 is 33.0. The van der Waals surface area contributed by atoms with Crippen molar-refractivity contribution in [1.82, 2.24) is 24.3 Å². The van der Waals surface area contributed by atoms with Crippen LogP contribution in [0.5, 0.6) is 5.75 Å². The van der Waals surface area contributed by atoms with E-state index in [1.165, 1.54) is 4.31 Å². The zero-order chi connectivity index (χ0) is 28.0. The molecule has 1 amide bonds. The number of carbonyl (C=O) groups is 1. The zero-order valence-corrected chi connectivity index (χ0v) is 25.3. The van der Waals surface area contributed by atoms with Crippen molar-refractivity contribution in [3.05, 3.63) is 23.3 Å². The number of rotatable bonds is 11. The van der Waals surface area contributed by atoms with E-state index >= 15 is 0 Å². The summed E-state index contributed by atoms with van der Waals surface area (Å²) in [4.78, 5) is 20.5. The number of methoxy groups -OCH3 is 1. The highest BCUT2D eigenvalue weighted by Gasteiger charge is 2.32. The van der Waals surface area contributed by atoms with Gasteiger partial charge in [0.2, 0.25) is 15.9 Å². The fourth-order valence-corrected chi connectivity index (χ4v) is 7.53. The summed E-state index contributed by atoms with van der Waals surface area (Å²) in [6, 6.07) is 4.76. The molecule has 1 aliphatic heterocycles.